The predicted octanol–water partition coefficient (Wildman–Crippen LogP) is 2.31. The van der Waals surface area contributed by atoms with E-state index in [1.807, 2.05) is 28.8 Å². The molecule has 10 heteroatoms. The summed E-state index contributed by atoms with van der Waals surface area (Å²) >= 11 is 1.74. The first-order chi connectivity index (χ1) is 13.3. The lowest BCUT2D eigenvalue weighted by atomic mass is 10.3. The maximum Gasteiger partial charge on any atom is 0.191 e. The summed E-state index contributed by atoms with van der Waals surface area (Å²) in [5.74, 6) is 1.60. The number of thiazole rings is 1. The summed E-state index contributed by atoms with van der Waals surface area (Å²) in [6.07, 6.45) is 5.39. The molecule has 150 valence electrons. The molecular formula is C18H25IN8S. The molecular weight excluding hydrogens is 487 g/mol. The number of aliphatic imine (C=N–C) groups is 1. The number of nitrogens with zero attached hydrogens (tertiary/aromatic N) is 6. The number of rotatable bonds is 6. The van der Waals surface area contributed by atoms with Gasteiger partial charge in [-0.15, -0.1) is 45.5 Å². The summed E-state index contributed by atoms with van der Waals surface area (Å²) < 4.78 is 1.97. The van der Waals surface area contributed by atoms with Crippen molar-refractivity contribution < 1.29 is 0 Å². The molecule has 3 aromatic heterocycles. The average Bonchev–Trinajstić information content (AvgIpc) is 3.45. The molecule has 1 aliphatic rings. The lowest BCUT2D eigenvalue weighted by Crippen LogP contribution is -2.38. The minimum Gasteiger partial charge on any atom is -0.356 e. The Balaban J connectivity index is 0.00000225. The molecule has 1 saturated heterocycles. The van der Waals surface area contributed by atoms with E-state index in [0.29, 0.717) is 6.54 Å². The lowest BCUT2D eigenvalue weighted by molar-refractivity contribution is 0.753. The van der Waals surface area contributed by atoms with Crippen molar-refractivity contribution in [1.29, 1.82) is 0 Å². The number of guanidine groups is 1. The van der Waals surface area contributed by atoms with Crippen LogP contribution in [0.25, 0.3) is 5.65 Å². The van der Waals surface area contributed by atoms with E-state index < -0.39 is 0 Å². The van der Waals surface area contributed by atoms with Crippen LogP contribution in [-0.4, -0.2) is 52.2 Å². The predicted molar refractivity (Wildman–Crippen MR) is 124 cm³/mol. The van der Waals surface area contributed by atoms with E-state index in [-0.39, 0.29) is 24.0 Å². The monoisotopic (exact) mass is 512 g/mol. The van der Waals surface area contributed by atoms with Gasteiger partial charge >= 0.3 is 0 Å². The Hall–Kier alpha value is -1.95. The van der Waals surface area contributed by atoms with Gasteiger partial charge in [0.2, 0.25) is 0 Å². The maximum absolute atomic E-state index is 4.76. The van der Waals surface area contributed by atoms with Gasteiger partial charge in [-0.25, -0.2) is 4.98 Å². The summed E-state index contributed by atoms with van der Waals surface area (Å²) in [6.45, 7) is 3.61. The second-order valence-electron chi connectivity index (χ2n) is 6.46. The quantitative estimate of drug-likeness (QED) is 0.300. The van der Waals surface area contributed by atoms with Gasteiger partial charge in [-0.1, -0.05) is 6.07 Å². The molecule has 0 saturated carbocycles. The fraction of sp³-hybridized carbons (Fsp3) is 0.444. The first-order valence-electron chi connectivity index (χ1n) is 9.26. The molecule has 4 rings (SSSR count). The number of hydrogen-bond donors (Lipinski definition) is 2. The van der Waals surface area contributed by atoms with Crippen LogP contribution in [0.4, 0.5) is 5.13 Å². The Kier molecular flexibility index (Phi) is 7.43. The number of fused-ring (bicyclic) bond motifs is 1. The standard InChI is InChI=1S/C18H24N8S.HI/c1-19-17(21-12-16-24-23-15-6-2-3-11-26(15)16)20-8-7-14-13-27-18(22-14)25-9-4-5-10-25;/h2-3,6,11,13H,4-5,7-10,12H2,1H3,(H2,19,20,21);1H. The Morgan fingerprint density at radius 3 is 2.89 bits per heavy atom. The molecule has 3 aromatic rings. The SMILES string of the molecule is CN=C(NCCc1csc(N2CCCC2)n1)NCc1nnc2ccccn12.I. The molecule has 28 heavy (non-hydrogen) atoms. The summed E-state index contributed by atoms with van der Waals surface area (Å²) in [6, 6.07) is 5.86. The average molecular weight is 512 g/mol. The minimum atomic E-state index is 0. The van der Waals surface area contributed by atoms with Gasteiger partial charge in [0, 0.05) is 44.7 Å². The van der Waals surface area contributed by atoms with Crippen molar-refractivity contribution >= 4 is 52.1 Å². The maximum atomic E-state index is 4.76. The molecule has 0 atom stereocenters. The van der Waals surface area contributed by atoms with Gasteiger partial charge in [-0.05, 0) is 25.0 Å². The van der Waals surface area contributed by atoms with Crippen LogP contribution in [0.15, 0.2) is 34.8 Å². The zero-order chi connectivity index (χ0) is 18.5. The topological polar surface area (TPSA) is 82.7 Å². The Morgan fingerprint density at radius 1 is 1.21 bits per heavy atom. The molecule has 0 aromatic carbocycles. The molecule has 0 spiro atoms. The smallest absolute Gasteiger partial charge is 0.191 e. The second kappa shape index (κ2) is 10.0. The van der Waals surface area contributed by atoms with Gasteiger partial charge < -0.3 is 15.5 Å². The van der Waals surface area contributed by atoms with Crippen LogP contribution in [-0.2, 0) is 13.0 Å². The molecule has 8 nitrogen and oxygen atoms in total. The third-order valence-electron chi connectivity index (χ3n) is 4.61. The lowest BCUT2D eigenvalue weighted by Gasteiger charge is -2.12. The van der Waals surface area contributed by atoms with Crippen LogP contribution in [0.5, 0.6) is 0 Å². The molecule has 2 N–H and O–H groups in total. The normalized spacial score (nSPS) is 14.3. The Bertz CT molecular complexity index is 915. The van der Waals surface area contributed by atoms with Gasteiger partial charge in [-0.3, -0.25) is 9.39 Å². The van der Waals surface area contributed by atoms with E-state index in [2.05, 4.69) is 36.1 Å². The van der Waals surface area contributed by atoms with Crippen molar-refractivity contribution in [3.05, 3.63) is 41.3 Å². The Labute approximate surface area is 185 Å². The highest BCUT2D eigenvalue weighted by molar-refractivity contribution is 14.0. The zero-order valence-electron chi connectivity index (χ0n) is 15.8. The van der Waals surface area contributed by atoms with Crippen molar-refractivity contribution in [3.63, 3.8) is 0 Å². The second-order valence-corrected chi connectivity index (χ2v) is 7.30. The molecule has 0 aliphatic carbocycles. The third kappa shape index (κ3) is 4.90. The summed E-state index contributed by atoms with van der Waals surface area (Å²) in [7, 11) is 1.77. The number of halogens is 1. The van der Waals surface area contributed by atoms with Crippen LogP contribution < -0.4 is 15.5 Å². The van der Waals surface area contributed by atoms with Crippen LogP contribution >= 0.6 is 35.3 Å². The molecule has 0 radical (unpaired) electrons. The number of pyridine rings is 1. The summed E-state index contributed by atoms with van der Waals surface area (Å²) in [5.41, 5.74) is 1.97. The van der Waals surface area contributed by atoms with Crippen LogP contribution in [0.1, 0.15) is 24.4 Å². The van der Waals surface area contributed by atoms with Gasteiger partial charge in [0.15, 0.2) is 22.6 Å². The fourth-order valence-electron chi connectivity index (χ4n) is 3.17. The van der Waals surface area contributed by atoms with Crippen LogP contribution in [0.3, 0.4) is 0 Å². The van der Waals surface area contributed by atoms with E-state index in [9.17, 15) is 0 Å². The minimum absolute atomic E-state index is 0. The first kappa shape index (κ1) is 20.8. The van der Waals surface area contributed by atoms with Crippen LogP contribution in [0, 0.1) is 0 Å². The number of anilines is 1. The van der Waals surface area contributed by atoms with Crippen molar-refractivity contribution in [2.24, 2.45) is 4.99 Å². The fourth-order valence-corrected chi connectivity index (χ4v) is 4.08. The van der Waals surface area contributed by atoms with Gasteiger partial charge in [0.1, 0.15) is 0 Å². The van der Waals surface area contributed by atoms with Gasteiger partial charge in [0.05, 0.1) is 12.2 Å². The van der Waals surface area contributed by atoms with E-state index >= 15 is 0 Å². The van der Waals surface area contributed by atoms with Crippen molar-refractivity contribution in [3.8, 4) is 0 Å². The van der Waals surface area contributed by atoms with Gasteiger partial charge in [-0.2, -0.15) is 0 Å². The molecule has 0 unspecified atom stereocenters. The van der Waals surface area contributed by atoms with Gasteiger partial charge in [0.25, 0.3) is 0 Å². The van der Waals surface area contributed by atoms with E-state index in [1.54, 1.807) is 18.4 Å². The molecule has 4 heterocycles. The molecule has 1 aliphatic heterocycles. The summed E-state index contributed by atoms with van der Waals surface area (Å²) in [4.78, 5) is 11.4. The third-order valence-corrected chi connectivity index (χ3v) is 5.56. The highest BCUT2D eigenvalue weighted by Gasteiger charge is 2.15. The van der Waals surface area contributed by atoms with E-state index in [1.165, 1.54) is 12.8 Å². The first-order valence-corrected chi connectivity index (χ1v) is 10.1. The Morgan fingerprint density at radius 2 is 2.07 bits per heavy atom. The highest BCUT2D eigenvalue weighted by Crippen LogP contribution is 2.24. The largest absolute Gasteiger partial charge is 0.356 e. The van der Waals surface area contributed by atoms with E-state index in [4.69, 9.17) is 4.98 Å². The highest BCUT2D eigenvalue weighted by atomic mass is 127. The van der Waals surface area contributed by atoms with E-state index in [0.717, 1.165) is 54.3 Å². The molecule has 0 amide bonds. The number of hydrogen-bond acceptors (Lipinski definition) is 6. The zero-order valence-corrected chi connectivity index (χ0v) is 19.0. The molecule has 1 fully saturated rings. The van der Waals surface area contributed by atoms with Crippen molar-refractivity contribution in [2.45, 2.75) is 25.8 Å². The van der Waals surface area contributed by atoms with Crippen LogP contribution in [0.2, 0.25) is 0 Å². The number of nitrogens with one attached hydrogen (secondary N) is 2. The number of aromatic nitrogens is 4. The molecule has 0 bridgehead atoms. The summed E-state index contributed by atoms with van der Waals surface area (Å²) in [5, 5.41) is 18.3. The van der Waals surface area contributed by atoms with Crippen molar-refractivity contribution in [1.82, 2.24) is 30.2 Å². The van der Waals surface area contributed by atoms with Crippen molar-refractivity contribution in [2.75, 3.05) is 31.6 Å².